The van der Waals surface area contributed by atoms with Gasteiger partial charge in [-0.15, -0.1) is 0 Å². The number of benzene rings is 3. The summed E-state index contributed by atoms with van der Waals surface area (Å²) in [4.78, 5) is 28.5. The van der Waals surface area contributed by atoms with E-state index in [0.29, 0.717) is 34.7 Å². The summed E-state index contributed by atoms with van der Waals surface area (Å²) >= 11 is 1.28. The molecule has 37 heavy (non-hydrogen) atoms. The molecule has 0 saturated carbocycles. The number of rotatable bonds is 7. The second-order valence-corrected chi connectivity index (χ2v) is 10.9. The summed E-state index contributed by atoms with van der Waals surface area (Å²) in [6.45, 7) is 8.52. The highest BCUT2D eigenvalue weighted by Gasteiger charge is 2.40. The summed E-state index contributed by atoms with van der Waals surface area (Å²) in [5.41, 5.74) is 4.59. The molecule has 0 aromatic heterocycles. The van der Waals surface area contributed by atoms with Crippen LogP contribution in [-0.4, -0.2) is 17.1 Å². The second-order valence-electron chi connectivity index (χ2n) is 9.74. The summed E-state index contributed by atoms with van der Waals surface area (Å²) in [5.74, 6) is 0.109. The molecule has 3 aromatic carbocycles. The number of nitriles is 1. The lowest BCUT2D eigenvalue weighted by Gasteiger charge is -2.19. The number of para-hydroxylation sites is 1. The predicted molar refractivity (Wildman–Crippen MR) is 151 cm³/mol. The molecule has 1 atom stereocenters. The first-order chi connectivity index (χ1) is 17.8. The van der Waals surface area contributed by atoms with Crippen molar-refractivity contribution < 1.29 is 9.59 Å². The van der Waals surface area contributed by atoms with Gasteiger partial charge in [0.05, 0.1) is 5.25 Å². The van der Waals surface area contributed by atoms with Crippen LogP contribution >= 0.6 is 11.8 Å². The highest BCUT2D eigenvalue weighted by molar-refractivity contribution is 8.05. The average molecular weight is 510 g/mol. The summed E-state index contributed by atoms with van der Waals surface area (Å²) < 4.78 is 0. The SMILES string of the molecule is CC(C)c1ccc(CC2S/C(=C(/C#N)C(=O)Nc3ccccc3)N(c3ccc(C(C)C)cc3)C2=O)cc1. The molecule has 1 N–H and O–H groups in total. The standard InChI is InChI=1S/C31H31N3O2S/c1-20(2)23-12-10-22(11-13-23)18-28-30(36)34(26-16-14-24(15-17-26)21(3)4)31(37-28)27(19-32)29(35)33-25-8-6-5-7-9-25/h5-17,20-21,28H,18H2,1-4H3,(H,33,35)/b31-27-. The van der Waals surface area contributed by atoms with Gasteiger partial charge in [-0.05, 0) is 59.2 Å². The third kappa shape index (κ3) is 5.95. The number of amides is 2. The molecule has 1 heterocycles. The predicted octanol–water partition coefficient (Wildman–Crippen LogP) is 7.00. The van der Waals surface area contributed by atoms with E-state index in [4.69, 9.17) is 0 Å². The van der Waals surface area contributed by atoms with Crippen molar-refractivity contribution in [3.63, 3.8) is 0 Å². The Balaban J connectivity index is 1.70. The van der Waals surface area contributed by atoms with Gasteiger partial charge in [-0.2, -0.15) is 5.26 Å². The highest BCUT2D eigenvalue weighted by Crippen LogP contribution is 2.42. The summed E-state index contributed by atoms with van der Waals surface area (Å²) in [5, 5.41) is 12.7. The minimum Gasteiger partial charge on any atom is -0.321 e. The Morgan fingerprint density at radius 1 is 0.919 bits per heavy atom. The Bertz CT molecular complexity index is 1340. The molecule has 1 aliphatic heterocycles. The molecule has 6 heteroatoms. The van der Waals surface area contributed by atoms with Gasteiger partial charge in [-0.1, -0.05) is 94.1 Å². The zero-order chi connectivity index (χ0) is 26.5. The van der Waals surface area contributed by atoms with Crippen molar-refractivity contribution in [2.24, 2.45) is 0 Å². The first-order valence-corrected chi connectivity index (χ1v) is 13.4. The van der Waals surface area contributed by atoms with E-state index in [1.807, 2.05) is 42.5 Å². The molecule has 3 aromatic rings. The first kappa shape index (κ1) is 26.2. The van der Waals surface area contributed by atoms with Crippen molar-refractivity contribution in [3.05, 3.63) is 106 Å². The van der Waals surface area contributed by atoms with Gasteiger partial charge in [-0.25, -0.2) is 0 Å². The Morgan fingerprint density at radius 3 is 2.03 bits per heavy atom. The monoisotopic (exact) mass is 509 g/mol. The number of carbonyl (C=O) groups is 2. The van der Waals surface area contributed by atoms with Crippen molar-refractivity contribution in [1.29, 1.82) is 5.26 Å². The molecule has 0 aliphatic carbocycles. The van der Waals surface area contributed by atoms with E-state index in [0.717, 1.165) is 11.1 Å². The number of anilines is 2. The molecule has 0 spiro atoms. The molecule has 188 valence electrons. The fourth-order valence-corrected chi connectivity index (χ4v) is 5.51. The van der Waals surface area contributed by atoms with Crippen LogP contribution in [-0.2, 0) is 16.0 Å². The van der Waals surface area contributed by atoms with Crippen LogP contribution in [0.4, 0.5) is 11.4 Å². The smallest absolute Gasteiger partial charge is 0.269 e. The maximum absolute atomic E-state index is 13.7. The molecule has 1 fully saturated rings. The summed E-state index contributed by atoms with van der Waals surface area (Å²) in [6, 6.07) is 27.1. The normalized spacial score (nSPS) is 16.7. The van der Waals surface area contributed by atoms with E-state index in [-0.39, 0.29) is 11.5 Å². The van der Waals surface area contributed by atoms with E-state index >= 15 is 0 Å². The Hall–Kier alpha value is -3.82. The third-order valence-electron chi connectivity index (χ3n) is 6.42. The quantitative estimate of drug-likeness (QED) is 0.275. The number of thioether (sulfide) groups is 1. The molecule has 1 saturated heterocycles. The van der Waals surface area contributed by atoms with Gasteiger partial charge >= 0.3 is 0 Å². The molecular weight excluding hydrogens is 478 g/mol. The molecule has 4 rings (SSSR count). The van der Waals surface area contributed by atoms with Crippen LogP contribution in [0.2, 0.25) is 0 Å². The lowest BCUT2D eigenvalue weighted by molar-refractivity contribution is -0.117. The Kier molecular flexibility index (Phi) is 8.15. The zero-order valence-electron chi connectivity index (χ0n) is 21.6. The van der Waals surface area contributed by atoms with Crippen molar-refractivity contribution in [1.82, 2.24) is 0 Å². The van der Waals surface area contributed by atoms with Gasteiger partial charge in [0.15, 0.2) is 0 Å². The summed E-state index contributed by atoms with van der Waals surface area (Å²) in [6.07, 6.45) is 0.505. The third-order valence-corrected chi connectivity index (χ3v) is 7.69. The van der Waals surface area contributed by atoms with Crippen LogP contribution in [0.1, 0.15) is 56.2 Å². The van der Waals surface area contributed by atoms with Gasteiger partial charge in [0.25, 0.3) is 5.91 Å². The second kappa shape index (κ2) is 11.5. The highest BCUT2D eigenvalue weighted by atomic mass is 32.2. The van der Waals surface area contributed by atoms with Crippen LogP contribution in [0.25, 0.3) is 0 Å². The number of nitrogens with zero attached hydrogens (tertiary/aromatic N) is 2. The first-order valence-electron chi connectivity index (χ1n) is 12.5. The minimum absolute atomic E-state index is 0.0761. The average Bonchev–Trinajstić information content (AvgIpc) is 3.20. The Labute approximate surface area is 223 Å². The lowest BCUT2D eigenvalue weighted by Crippen LogP contribution is -2.31. The maximum Gasteiger partial charge on any atom is 0.269 e. The number of nitrogens with one attached hydrogen (secondary N) is 1. The van der Waals surface area contributed by atoms with E-state index in [9.17, 15) is 14.9 Å². The van der Waals surface area contributed by atoms with E-state index in [1.54, 1.807) is 12.1 Å². The fourth-order valence-electron chi connectivity index (χ4n) is 4.20. The fraction of sp³-hybridized carbons (Fsp3) is 0.258. The van der Waals surface area contributed by atoms with Crippen LogP contribution in [0.15, 0.2) is 89.5 Å². The molecule has 5 nitrogen and oxygen atoms in total. The number of hydrogen-bond donors (Lipinski definition) is 1. The van der Waals surface area contributed by atoms with Gasteiger partial charge in [-0.3, -0.25) is 14.5 Å². The van der Waals surface area contributed by atoms with Crippen LogP contribution in [0, 0.1) is 11.3 Å². The van der Waals surface area contributed by atoms with E-state index < -0.39 is 11.2 Å². The number of carbonyl (C=O) groups excluding carboxylic acids is 2. The number of hydrogen-bond acceptors (Lipinski definition) is 4. The zero-order valence-corrected chi connectivity index (χ0v) is 22.4. The van der Waals surface area contributed by atoms with Gasteiger partial charge in [0.2, 0.25) is 5.91 Å². The van der Waals surface area contributed by atoms with Crippen LogP contribution < -0.4 is 10.2 Å². The van der Waals surface area contributed by atoms with E-state index in [1.165, 1.54) is 22.2 Å². The Morgan fingerprint density at radius 2 is 1.49 bits per heavy atom. The van der Waals surface area contributed by atoms with Crippen molar-refractivity contribution in [2.45, 2.75) is 51.2 Å². The molecule has 0 bridgehead atoms. The molecular formula is C31H31N3O2S. The van der Waals surface area contributed by atoms with E-state index in [2.05, 4.69) is 63.3 Å². The molecule has 1 unspecified atom stereocenters. The summed E-state index contributed by atoms with van der Waals surface area (Å²) in [7, 11) is 0. The van der Waals surface area contributed by atoms with Crippen LogP contribution in [0.3, 0.4) is 0 Å². The molecule has 1 aliphatic rings. The van der Waals surface area contributed by atoms with Gasteiger partial charge in [0.1, 0.15) is 16.7 Å². The maximum atomic E-state index is 13.7. The molecule has 0 radical (unpaired) electrons. The largest absolute Gasteiger partial charge is 0.321 e. The van der Waals surface area contributed by atoms with Crippen molar-refractivity contribution in [3.8, 4) is 6.07 Å². The van der Waals surface area contributed by atoms with Crippen LogP contribution in [0.5, 0.6) is 0 Å². The minimum atomic E-state index is -0.533. The van der Waals surface area contributed by atoms with Crippen molar-refractivity contribution >= 4 is 35.0 Å². The lowest BCUT2D eigenvalue weighted by atomic mass is 10.00. The van der Waals surface area contributed by atoms with Crippen molar-refractivity contribution in [2.75, 3.05) is 10.2 Å². The van der Waals surface area contributed by atoms with Gasteiger partial charge < -0.3 is 5.32 Å². The molecule has 2 amide bonds. The topological polar surface area (TPSA) is 73.2 Å². The van der Waals surface area contributed by atoms with Gasteiger partial charge in [0, 0.05) is 11.4 Å².